The highest BCUT2D eigenvalue weighted by molar-refractivity contribution is 7.99. The van der Waals surface area contributed by atoms with Gasteiger partial charge in [0.2, 0.25) is 5.89 Å². The van der Waals surface area contributed by atoms with Crippen LogP contribution in [-0.2, 0) is 19.4 Å². The van der Waals surface area contributed by atoms with Crippen molar-refractivity contribution in [2.24, 2.45) is 0 Å². The first-order valence-corrected chi connectivity index (χ1v) is 9.99. The second kappa shape index (κ2) is 6.34. The lowest BCUT2D eigenvalue weighted by Crippen LogP contribution is -2.30. The predicted molar refractivity (Wildman–Crippen MR) is 91.5 cm³/mol. The van der Waals surface area contributed by atoms with Crippen molar-refractivity contribution in [1.82, 2.24) is 15.1 Å². The van der Waals surface area contributed by atoms with Gasteiger partial charge in [-0.2, -0.15) is 11.8 Å². The van der Waals surface area contributed by atoms with Crippen molar-refractivity contribution < 1.29 is 4.42 Å². The highest BCUT2D eigenvalue weighted by Crippen LogP contribution is 2.35. The van der Waals surface area contributed by atoms with Gasteiger partial charge in [0.05, 0.1) is 11.4 Å². The van der Waals surface area contributed by atoms with Gasteiger partial charge in [-0.25, -0.2) is 0 Å². The van der Waals surface area contributed by atoms with Gasteiger partial charge < -0.3 is 4.42 Å². The standard InChI is InChI=1S/C16H21N3OS2/c1-19(12-6-7-21-10-12)9-15-17-18-16(20-15)14-8-11-4-2-3-5-13(11)22-14/h8,12H,2-7,9-10H2,1H3/t12-/m1/s1. The van der Waals surface area contributed by atoms with E-state index in [1.807, 2.05) is 23.1 Å². The van der Waals surface area contributed by atoms with Gasteiger partial charge in [-0.1, -0.05) is 0 Å². The van der Waals surface area contributed by atoms with E-state index in [4.69, 9.17) is 4.42 Å². The minimum atomic E-state index is 0.648. The molecule has 1 aliphatic heterocycles. The lowest BCUT2D eigenvalue weighted by molar-refractivity contribution is 0.230. The summed E-state index contributed by atoms with van der Waals surface area (Å²) < 4.78 is 5.92. The maximum Gasteiger partial charge on any atom is 0.257 e. The molecule has 0 aromatic carbocycles. The van der Waals surface area contributed by atoms with Gasteiger partial charge in [0.1, 0.15) is 0 Å². The Morgan fingerprint density at radius 1 is 1.32 bits per heavy atom. The van der Waals surface area contributed by atoms with E-state index in [2.05, 4.69) is 28.2 Å². The van der Waals surface area contributed by atoms with Crippen LogP contribution in [0.25, 0.3) is 10.8 Å². The van der Waals surface area contributed by atoms with E-state index < -0.39 is 0 Å². The van der Waals surface area contributed by atoms with E-state index in [1.54, 1.807) is 0 Å². The van der Waals surface area contributed by atoms with Crippen molar-refractivity contribution in [2.45, 2.75) is 44.7 Å². The molecule has 4 rings (SSSR count). The lowest BCUT2D eigenvalue weighted by atomic mass is 9.99. The molecule has 1 fully saturated rings. The summed E-state index contributed by atoms with van der Waals surface area (Å²) in [6.45, 7) is 0.753. The molecule has 0 spiro atoms. The number of fused-ring (bicyclic) bond motifs is 1. The zero-order valence-corrected chi connectivity index (χ0v) is 14.5. The summed E-state index contributed by atoms with van der Waals surface area (Å²) in [7, 11) is 2.16. The molecule has 0 saturated carbocycles. The largest absolute Gasteiger partial charge is 0.419 e. The summed E-state index contributed by atoms with van der Waals surface area (Å²) in [6.07, 6.45) is 6.30. The van der Waals surface area contributed by atoms with E-state index in [9.17, 15) is 0 Å². The SMILES string of the molecule is CN(Cc1nnc(-c2cc3c(s2)CCCC3)o1)[C@@H]1CCSC1. The van der Waals surface area contributed by atoms with Crippen LogP contribution in [0.5, 0.6) is 0 Å². The van der Waals surface area contributed by atoms with Crippen LogP contribution in [0.2, 0.25) is 0 Å². The van der Waals surface area contributed by atoms with Crippen molar-refractivity contribution in [1.29, 1.82) is 0 Å². The summed E-state index contributed by atoms with van der Waals surface area (Å²) >= 11 is 3.86. The normalized spacial score (nSPS) is 21.5. The lowest BCUT2D eigenvalue weighted by Gasteiger charge is -2.21. The molecule has 0 bridgehead atoms. The van der Waals surface area contributed by atoms with Gasteiger partial charge in [0.25, 0.3) is 5.89 Å². The quantitative estimate of drug-likeness (QED) is 0.854. The van der Waals surface area contributed by atoms with Crippen molar-refractivity contribution in [3.63, 3.8) is 0 Å². The van der Waals surface area contributed by atoms with E-state index in [0.717, 1.165) is 17.3 Å². The van der Waals surface area contributed by atoms with Gasteiger partial charge in [-0.3, -0.25) is 4.90 Å². The highest BCUT2D eigenvalue weighted by Gasteiger charge is 2.22. The molecule has 0 unspecified atom stereocenters. The number of rotatable bonds is 4. The summed E-state index contributed by atoms with van der Waals surface area (Å²) in [5.74, 6) is 3.92. The zero-order chi connectivity index (χ0) is 14.9. The Hall–Kier alpha value is -0.850. The average Bonchev–Trinajstić information content (AvgIpc) is 3.26. The Bertz CT molecular complexity index is 622. The fourth-order valence-electron chi connectivity index (χ4n) is 3.23. The fraction of sp³-hybridized carbons (Fsp3) is 0.625. The molecule has 2 aromatic heterocycles. The van der Waals surface area contributed by atoms with Crippen LogP contribution >= 0.6 is 23.1 Å². The minimum Gasteiger partial charge on any atom is -0.419 e. The van der Waals surface area contributed by atoms with Gasteiger partial charge in [-0.05, 0) is 56.5 Å². The van der Waals surface area contributed by atoms with Crippen molar-refractivity contribution >= 4 is 23.1 Å². The van der Waals surface area contributed by atoms with Gasteiger partial charge in [0.15, 0.2) is 0 Å². The van der Waals surface area contributed by atoms with Crippen LogP contribution in [0.1, 0.15) is 35.6 Å². The van der Waals surface area contributed by atoms with Crippen LogP contribution in [0.15, 0.2) is 10.5 Å². The van der Waals surface area contributed by atoms with Gasteiger partial charge in [-0.15, -0.1) is 21.5 Å². The van der Waals surface area contributed by atoms with Crippen LogP contribution in [0.4, 0.5) is 0 Å². The molecule has 1 aliphatic carbocycles. The smallest absolute Gasteiger partial charge is 0.257 e. The first-order valence-electron chi connectivity index (χ1n) is 8.02. The summed E-state index contributed by atoms with van der Waals surface area (Å²) in [6, 6.07) is 2.91. The molecule has 118 valence electrons. The Balaban J connectivity index is 1.47. The molecule has 0 N–H and O–H groups in total. The number of hydrogen-bond donors (Lipinski definition) is 0. The van der Waals surface area contributed by atoms with Crippen LogP contribution < -0.4 is 0 Å². The van der Waals surface area contributed by atoms with Gasteiger partial charge in [0, 0.05) is 16.7 Å². The second-order valence-corrected chi connectivity index (χ2v) is 8.49. The Labute approximate surface area is 139 Å². The molecule has 3 heterocycles. The number of nitrogens with zero attached hydrogens (tertiary/aromatic N) is 3. The van der Waals surface area contributed by atoms with E-state index in [0.29, 0.717) is 11.9 Å². The third-order valence-electron chi connectivity index (χ3n) is 4.59. The van der Waals surface area contributed by atoms with Crippen molar-refractivity contribution in [2.75, 3.05) is 18.6 Å². The summed E-state index contributed by atoms with van der Waals surface area (Å²) in [5.41, 5.74) is 1.49. The first kappa shape index (κ1) is 14.7. The van der Waals surface area contributed by atoms with E-state index in [-0.39, 0.29) is 0 Å². The number of aromatic nitrogens is 2. The molecule has 6 heteroatoms. The van der Waals surface area contributed by atoms with Crippen LogP contribution in [0, 0.1) is 0 Å². The first-order chi connectivity index (χ1) is 10.8. The second-order valence-electron chi connectivity index (χ2n) is 6.20. The number of thioether (sulfide) groups is 1. The highest BCUT2D eigenvalue weighted by atomic mass is 32.2. The van der Waals surface area contributed by atoms with Crippen molar-refractivity contribution in [3.05, 3.63) is 22.4 Å². The number of thiophene rings is 1. The van der Waals surface area contributed by atoms with Gasteiger partial charge >= 0.3 is 0 Å². The number of hydrogen-bond acceptors (Lipinski definition) is 6. The average molecular weight is 335 g/mol. The molecule has 0 radical (unpaired) electrons. The third kappa shape index (κ3) is 2.96. The maximum atomic E-state index is 5.92. The topological polar surface area (TPSA) is 42.2 Å². The number of aryl methyl sites for hydroxylation is 2. The maximum absolute atomic E-state index is 5.92. The molecular weight excluding hydrogens is 314 g/mol. The minimum absolute atomic E-state index is 0.648. The zero-order valence-electron chi connectivity index (χ0n) is 12.9. The molecule has 1 saturated heterocycles. The molecule has 2 aliphatic rings. The Kier molecular flexibility index (Phi) is 4.24. The Morgan fingerprint density at radius 2 is 2.23 bits per heavy atom. The van der Waals surface area contributed by atoms with Crippen LogP contribution in [-0.4, -0.2) is 39.7 Å². The molecule has 2 aromatic rings. The van der Waals surface area contributed by atoms with Crippen LogP contribution in [0.3, 0.4) is 0 Å². The Morgan fingerprint density at radius 3 is 3.05 bits per heavy atom. The predicted octanol–water partition coefficient (Wildman–Crippen LogP) is 3.61. The monoisotopic (exact) mass is 335 g/mol. The molecule has 22 heavy (non-hydrogen) atoms. The summed E-state index contributed by atoms with van der Waals surface area (Å²) in [5, 5.41) is 8.52. The van der Waals surface area contributed by atoms with E-state index >= 15 is 0 Å². The summed E-state index contributed by atoms with van der Waals surface area (Å²) in [4.78, 5) is 5.00. The van der Waals surface area contributed by atoms with Crippen molar-refractivity contribution in [3.8, 4) is 10.8 Å². The fourth-order valence-corrected chi connectivity index (χ4v) is 5.70. The van der Waals surface area contributed by atoms with E-state index in [1.165, 1.54) is 54.1 Å². The molecule has 4 nitrogen and oxygen atoms in total. The molecule has 1 atom stereocenters. The molecule has 0 amide bonds. The molecular formula is C16H21N3OS2. The third-order valence-corrected chi connectivity index (χ3v) is 6.96.